The van der Waals surface area contributed by atoms with E-state index in [1.807, 2.05) is 38.1 Å². The number of halogens is 1. The van der Waals surface area contributed by atoms with Gasteiger partial charge in [0.15, 0.2) is 0 Å². The van der Waals surface area contributed by atoms with E-state index >= 15 is 0 Å². The second-order valence-corrected chi connectivity index (χ2v) is 11.4. The zero-order valence-electron chi connectivity index (χ0n) is 21.2. The van der Waals surface area contributed by atoms with E-state index in [2.05, 4.69) is 5.32 Å². The standard InChI is InChI=1S/C27H36FN3O4S/c1-4-24(27(33)29-22-13-6-5-7-14-22)30(18-21-12-10-11-20(2)17-21)26(32)19-31(36(3,34)35)25-16-9-8-15-23(25)28/h8-12,15-17,22,24H,4-7,13-14,18-19H2,1-3H3,(H,29,33)/t24-/m1/s1. The zero-order chi connectivity index (χ0) is 26.3. The first kappa shape index (κ1) is 27.6. The predicted octanol–water partition coefficient (Wildman–Crippen LogP) is 4.16. The van der Waals surface area contributed by atoms with Crippen molar-refractivity contribution in [1.29, 1.82) is 0 Å². The van der Waals surface area contributed by atoms with E-state index in [1.165, 1.54) is 23.1 Å². The Kier molecular flexibility index (Phi) is 9.48. The van der Waals surface area contributed by atoms with Gasteiger partial charge >= 0.3 is 0 Å². The molecule has 2 aromatic rings. The highest BCUT2D eigenvalue weighted by molar-refractivity contribution is 7.92. The van der Waals surface area contributed by atoms with Crippen molar-refractivity contribution in [3.8, 4) is 0 Å². The lowest BCUT2D eigenvalue weighted by molar-refractivity contribution is -0.140. The number of hydrogen-bond acceptors (Lipinski definition) is 4. The van der Waals surface area contributed by atoms with Crippen LogP contribution in [0.1, 0.15) is 56.6 Å². The van der Waals surface area contributed by atoms with Crippen LogP contribution in [-0.2, 0) is 26.2 Å². The molecule has 1 fully saturated rings. The van der Waals surface area contributed by atoms with Gasteiger partial charge in [-0.1, -0.05) is 68.1 Å². The van der Waals surface area contributed by atoms with Crippen LogP contribution in [0.25, 0.3) is 0 Å². The van der Waals surface area contributed by atoms with Crippen molar-refractivity contribution in [2.24, 2.45) is 0 Å². The molecular weight excluding hydrogens is 481 g/mol. The lowest BCUT2D eigenvalue weighted by Gasteiger charge is -2.34. The van der Waals surface area contributed by atoms with Crippen LogP contribution in [0.2, 0.25) is 0 Å². The number of sulfonamides is 1. The lowest BCUT2D eigenvalue weighted by atomic mass is 9.95. The topological polar surface area (TPSA) is 86.8 Å². The summed E-state index contributed by atoms with van der Waals surface area (Å²) in [6.45, 7) is 3.28. The largest absolute Gasteiger partial charge is 0.352 e. The highest BCUT2D eigenvalue weighted by Gasteiger charge is 2.33. The first-order valence-corrected chi connectivity index (χ1v) is 14.3. The maximum atomic E-state index is 14.5. The van der Waals surface area contributed by atoms with Gasteiger partial charge in [0, 0.05) is 12.6 Å². The Balaban J connectivity index is 1.92. The highest BCUT2D eigenvalue weighted by Crippen LogP contribution is 2.23. The minimum atomic E-state index is -3.98. The molecule has 2 amide bonds. The SMILES string of the molecule is CC[C@H](C(=O)NC1CCCCC1)N(Cc1cccc(C)c1)C(=O)CN(c1ccccc1F)S(C)(=O)=O. The fourth-order valence-corrected chi connectivity index (χ4v) is 5.57. The number of carbonyl (C=O) groups excluding carboxylic acids is 2. The number of anilines is 1. The molecule has 7 nitrogen and oxygen atoms in total. The van der Waals surface area contributed by atoms with Crippen LogP contribution in [0.5, 0.6) is 0 Å². The van der Waals surface area contributed by atoms with E-state index < -0.39 is 34.3 Å². The van der Waals surface area contributed by atoms with Gasteiger partial charge < -0.3 is 10.2 Å². The second kappa shape index (κ2) is 12.3. The van der Waals surface area contributed by atoms with Crippen molar-refractivity contribution in [3.05, 3.63) is 65.5 Å². The minimum Gasteiger partial charge on any atom is -0.352 e. The Bertz CT molecular complexity index is 1170. The van der Waals surface area contributed by atoms with Crippen molar-refractivity contribution in [3.63, 3.8) is 0 Å². The highest BCUT2D eigenvalue weighted by atomic mass is 32.2. The number of amides is 2. The summed E-state index contributed by atoms with van der Waals surface area (Å²) in [5, 5.41) is 3.10. The maximum Gasteiger partial charge on any atom is 0.244 e. The summed E-state index contributed by atoms with van der Waals surface area (Å²) < 4.78 is 40.5. The van der Waals surface area contributed by atoms with Crippen LogP contribution in [0, 0.1) is 12.7 Å². The van der Waals surface area contributed by atoms with Crippen LogP contribution in [0.4, 0.5) is 10.1 Å². The van der Waals surface area contributed by atoms with E-state index in [-0.39, 0.29) is 24.2 Å². The number of carbonyl (C=O) groups is 2. The molecule has 1 aliphatic carbocycles. The minimum absolute atomic E-state index is 0.0714. The molecule has 0 unspecified atom stereocenters. The zero-order valence-corrected chi connectivity index (χ0v) is 22.1. The van der Waals surface area contributed by atoms with Gasteiger partial charge in [0.1, 0.15) is 18.4 Å². The molecule has 36 heavy (non-hydrogen) atoms. The molecule has 9 heteroatoms. The van der Waals surface area contributed by atoms with Crippen molar-refractivity contribution in [2.45, 2.75) is 71.0 Å². The fraction of sp³-hybridized carbons (Fsp3) is 0.481. The summed E-state index contributed by atoms with van der Waals surface area (Å²) in [7, 11) is -3.98. The quantitative estimate of drug-likeness (QED) is 0.513. The third-order valence-corrected chi connectivity index (χ3v) is 7.70. The molecule has 1 atom stereocenters. The molecule has 2 aromatic carbocycles. The fourth-order valence-electron chi connectivity index (χ4n) is 4.72. The lowest BCUT2D eigenvalue weighted by Crippen LogP contribution is -2.54. The Morgan fingerprint density at radius 3 is 2.39 bits per heavy atom. The van der Waals surface area contributed by atoms with E-state index in [9.17, 15) is 22.4 Å². The third kappa shape index (κ3) is 7.29. The van der Waals surface area contributed by atoms with Crippen LogP contribution < -0.4 is 9.62 Å². The Labute approximate surface area is 213 Å². The van der Waals surface area contributed by atoms with Crippen LogP contribution in [0.3, 0.4) is 0 Å². The molecule has 0 saturated heterocycles. The number of para-hydroxylation sites is 1. The van der Waals surface area contributed by atoms with Crippen LogP contribution >= 0.6 is 0 Å². The number of nitrogens with one attached hydrogen (secondary N) is 1. The van der Waals surface area contributed by atoms with Crippen molar-refractivity contribution in [1.82, 2.24) is 10.2 Å². The molecule has 1 N–H and O–H groups in total. The van der Waals surface area contributed by atoms with Crippen molar-refractivity contribution >= 4 is 27.5 Å². The summed E-state index contributed by atoms with van der Waals surface area (Å²) in [5.74, 6) is -1.57. The third-order valence-electron chi connectivity index (χ3n) is 6.57. The molecule has 0 heterocycles. The summed E-state index contributed by atoms with van der Waals surface area (Å²) in [5.41, 5.74) is 1.62. The monoisotopic (exact) mass is 517 g/mol. The summed E-state index contributed by atoms with van der Waals surface area (Å²) in [6, 6.07) is 12.3. The predicted molar refractivity (Wildman–Crippen MR) is 139 cm³/mol. The van der Waals surface area contributed by atoms with E-state index in [4.69, 9.17) is 0 Å². The number of nitrogens with zero attached hydrogens (tertiary/aromatic N) is 2. The first-order chi connectivity index (χ1) is 17.1. The van der Waals surface area contributed by atoms with Gasteiger partial charge in [-0.2, -0.15) is 0 Å². The molecule has 196 valence electrons. The summed E-state index contributed by atoms with van der Waals surface area (Å²) in [4.78, 5) is 28.5. The second-order valence-electron chi connectivity index (χ2n) is 9.50. The van der Waals surface area contributed by atoms with Crippen LogP contribution in [0.15, 0.2) is 48.5 Å². The molecule has 0 aromatic heterocycles. The first-order valence-electron chi connectivity index (χ1n) is 12.5. The molecule has 0 aliphatic heterocycles. The summed E-state index contributed by atoms with van der Waals surface area (Å²) in [6.07, 6.45) is 6.36. The molecule has 0 radical (unpaired) electrons. The average molecular weight is 518 g/mol. The molecule has 1 saturated carbocycles. The van der Waals surface area contributed by atoms with Gasteiger partial charge in [-0.25, -0.2) is 12.8 Å². The van der Waals surface area contributed by atoms with Gasteiger partial charge in [-0.05, 0) is 43.9 Å². The van der Waals surface area contributed by atoms with Gasteiger partial charge in [-0.3, -0.25) is 13.9 Å². The molecule has 0 bridgehead atoms. The average Bonchev–Trinajstić information content (AvgIpc) is 2.83. The van der Waals surface area contributed by atoms with Gasteiger partial charge in [-0.15, -0.1) is 0 Å². The smallest absolute Gasteiger partial charge is 0.244 e. The van der Waals surface area contributed by atoms with Crippen molar-refractivity contribution in [2.75, 3.05) is 17.1 Å². The van der Waals surface area contributed by atoms with Gasteiger partial charge in [0.25, 0.3) is 0 Å². The van der Waals surface area contributed by atoms with Crippen LogP contribution in [-0.4, -0.2) is 50.0 Å². The Hall–Kier alpha value is -2.94. The number of hydrogen-bond donors (Lipinski definition) is 1. The number of rotatable bonds is 10. The molecule has 0 spiro atoms. The summed E-state index contributed by atoms with van der Waals surface area (Å²) >= 11 is 0. The van der Waals surface area contributed by atoms with E-state index in [0.717, 1.165) is 59.9 Å². The van der Waals surface area contributed by atoms with Gasteiger partial charge in [0.05, 0.1) is 11.9 Å². The van der Waals surface area contributed by atoms with E-state index in [1.54, 1.807) is 0 Å². The normalized spacial score (nSPS) is 15.2. The van der Waals surface area contributed by atoms with Gasteiger partial charge in [0.2, 0.25) is 21.8 Å². The Morgan fingerprint density at radius 2 is 1.78 bits per heavy atom. The Morgan fingerprint density at radius 1 is 1.08 bits per heavy atom. The van der Waals surface area contributed by atoms with Crippen molar-refractivity contribution < 1.29 is 22.4 Å². The molecule has 1 aliphatic rings. The number of aryl methyl sites for hydroxylation is 1. The number of benzene rings is 2. The molecular formula is C27H36FN3O4S. The molecule has 3 rings (SSSR count). The maximum absolute atomic E-state index is 14.5. The van der Waals surface area contributed by atoms with E-state index in [0.29, 0.717) is 6.42 Å².